The molecule has 25 heavy (non-hydrogen) atoms. The third-order valence-electron chi connectivity index (χ3n) is 3.78. The van der Waals surface area contributed by atoms with Gasteiger partial charge in [0.05, 0.1) is 21.4 Å². The molecule has 0 saturated carbocycles. The van der Waals surface area contributed by atoms with Crippen molar-refractivity contribution in [3.05, 3.63) is 57.6 Å². The smallest absolute Gasteiger partial charge is 0.226 e. The van der Waals surface area contributed by atoms with Crippen molar-refractivity contribution < 1.29 is 9.59 Å². The molecule has 0 aliphatic heterocycles. The van der Waals surface area contributed by atoms with Gasteiger partial charge in [-0.3, -0.25) is 9.59 Å². The normalized spacial score (nSPS) is 10.4. The first-order chi connectivity index (χ1) is 11.8. The molecule has 0 unspecified atom stereocenters. The highest BCUT2D eigenvalue weighted by Crippen LogP contribution is 2.28. The topological polar surface area (TPSA) is 49.4 Å². The number of carbonyl (C=O) groups is 2. The molecular weight excluding hydrogens is 359 g/mol. The predicted octanol–water partition coefficient (Wildman–Crippen LogP) is 4.99. The molecule has 0 aliphatic rings. The maximum Gasteiger partial charge on any atom is 0.226 e. The first kappa shape index (κ1) is 19.3. The van der Waals surface area contributed by atoms with Crippen molar-refractivity contribution in [2.75, 3.05) is 16.8 Å². The van der Waals surface area contributed by atoms with Gasteiger partial charge in [-0.1, -0.05) is 41.4 Å². The molecule has 132 valence electrons. The van der Waals surface area contributed by atoms with Gasteiger partial charge in [0.1, 0.15) is 0 Å². The summed E-state index contributed by atoms with van der Waals surface area (Å²) in [6.07, 6.45) is 0.133. The van der Waals surface area contributed by atoms with E-state index in [-0.39, 0.29) is 24.8 Å². The number of amides is 2. The van der Waals surface area contributed by atoms with Crippen molar-refractivity contribution in [1.29, 1.82) is 0 Å². The zero-order valence-corrected chi connectivity index (χ0v) is 15.9. The molecule has 0 bridgehead atoms. The van der Waals surface area contributed by atoms with Gasteiger partial charge in [0, 0.05) is 19.9 Å². The van der Waals surface area contributed by atoms with E-state index in [1.165, 1.54) is 11.8 Å². The molecule has 2 aromatic carbocycles. The zero-order valence-electron chi connectivity index (χ0n) is 14.4. The molecule has 2 rings (SSSR count). The lowest BCUT2D eigenvalue weighted by molar-refractivity contribution is -0.117. The maximum absolute atomic E-state index is 12.3. The number of benzene rings is 2. The second-order valence-electron chi connectivity index (χ2n) is 5.86. The summed E-state index contributed by atoms with van der Waals surface area (Å²) in [7, 11) is 0. The average Bonchev–Trinajstić information content (AvgIpc) is 2.52. The third-order valence-corrected chi connectivity index (χ3v) is 4.40. The van der Waals surface area contributed by atoms with Crippen molar-refractivity contribution in [1.82, 2.24) is 0 Å². The lowest BCUT2D eigenvalue weighted by atomic mass is 10.1. The summed E-state index contributed by atoms with van der Waals surface area (Å²) in [5, 5.41) is 3.79. The van der Waals surface area contributed by atoms with E-state index in [0.29, 0.717) is 21.4 Å². The quantitative estimate of drug-likeness (QED) is 0.796. The van der Waals surface area contributed by atoms with E-state index in [1.807, 2.05) is 19.9 Å². The van der Waals surface area contributed by atoms with Gasteiger partial charge in [-0.15, -0.1) is 0 Å². The highest BCUT2D eigenvalue weighted by atomic mass is 35.5. The monoisotopic (exact) mass is 378 g/mol. The van der Waals surface area contributed by atoms with E-state index in [4.69, 9.17) is 23.2 Å². The summed E-state index contributed by atoms with van der Waals surface area (Å²) in [5.74, 6) is -0.391. The Labute approximate surface area is 157 Å². The number of anilines is 2. The van der Waals surface area contributed by atoms with Crippen LogP contribution in [0, 0.1) is 13.8 Å². The number of nitrogens with one attached hydrogen (secondary N) is 1. The first-order valence-corrected chi connectivity index (χ1v) is 8.64. The first-order valence-electron chi connectivity index (χ1n) is 7.89. The van der Waals surface area contributed by atoms with Gasteiger partial charge in [0.25, 0.3) is 0 Å². The van der Waals surface area contributed by atoms with E-state index >= 15 is 0 Å². The SMILES string of the molecule is CC(=O)N(CCC(=O)Nc1c(C)cc(C)cc1Cl)c1ccccc1Cl. The van der Waals surface area contributed by atoms with Crippen LogP contribution in [0.3, 0.4) is 0 Å². The van der Waals surface area contributed by atoms with Crippen LogP contribution >= 0.6 is 23.2 Å². The molecule has 0 spiro atoms. The minimum absolute atomic E-state index is 0.133. The molecule has 0 aliphatic carbocycles. The largest absolute Gasteiger partial charge is 0.324 e. The second-order valence-corrected chi connectivity index (χ2v) is 6.67. The fourth-order valence-corrected chi connectivity index (χ4v) is 3.21. The Balaban J connectivity index is 2.08. The van der Waals surface area contributed by atoms with Crippen LogP contribution in [0.2, 0.25) is 10.0 Å². The zero-order chi connectivity index (χ0) is 18.6. The van der Waals surface area contributed by atoms with Crippen LogP contribution in [-0.4, -0.2) is 18.4 Å². The van der Waals surface area contributed by atoms with Gasteiger partial charge >= 0.3 is 0 Å². The van der Waals surface area contributed by atoms with Crippen molar-refractivity contribution >= 4 is 46.4 Å². The molecular formula is C19H20Cl2N2O2. The lowest BCUT2D eigenvalue weighted by Crippen LogP contribution is -2.32. The highest BCUT2D eigenvalue weighted by molar-refractivity contribution is 6.34. The predicted molar refractivity (Wildman–Crippen MR) is 104 cm³/mol. The van der Waals surface area contributed by atoms with Gasteiger partial charge in [-0.2, -0.15) is 0 Å². The van der Waals surface area contributed by atoms with Gasteiger partial charge in [0.2, 0.25) is 11.8 Å². The Hall–Kier alpha value is -2.04. The Morgan fingerprint density at radius 2 is 1.76 bits per heavy atom. The summed E-state index contributed by atoms with van der Waals surface area (Å²) < 4.78 is 0. The molecule has 0 aromatic heterocycles. The number of hydrogen-bond donors (Lipinski definition) is 1. The van der Waals surface area contributed by atoms with Crippen molar-refractivity contribution in [2.45, 2.75) is 27.2 Å². The molecule has 0 radical (unpaired) electrons. The summed E-state index contributed by atoms with van der Waals surface area (Å²) in [6.45, 7) is 5.51. The molecule has 1 N–H and O–H groups in total. The molecule has 4 nitrogen and oxygen atoms in total. The van der Waals surface area contributed by atoms with Crippen LogP contribution in [0.25, 0.3) is 0 Å². The Kier molecular flexibility index (Phi) is 6.45. The number of carbonyl (C=O) groups excluding carboxylic acids is 2. The van der Waals surface area contributed by atoms with Gasteiger partial charge in [-0.05, 0) is 43.2 Å². The Morgan fingerprint density at radius 1 is 1.08 bits per heavy atom. The van der Waals surface area contributed by atoms with Crippen LogP contribution in [0.15, 0.2) is 36.4 Å². The summed E-state index contributed by atoms with van der Waals surface area (Å²) >= 11 is 12.4. The van der Waals surface area contributed by atoms with Crippen molar-refractivity contribution in [2.24, 2.45) is 0 Å². The lowest BCUT2D eigenvalue weighted by Gasteiger charge is -2.22. The van der Waals surface area contributed by atoms with E-state index in [0.717, 1.165) is 11.1 Å². The molecule has 0 fully saturated rings. The molecule has 0 atom stereocenters. The maximum atomic E-state index is 12.3. The van der Waals surface area contributed by atoms with Crippen LogP contribution in [-0.2, 0) is 9.59 Å². The van der Waals surface area contributed by atoms with Gasteiger partial charge in [0.15, 0.2) is 0 Å². The number of halogens is 2. The van der Waals surface area contributed by atoms with Crippen molar-refractivity contribution in [3.63, 3.8) is 0 Å². The third kappa shape index (κ3) is 4.97. The minimum atomic E-state index is -0.216. The molecule has 6 heteroatoms. The standard InChI is InChI=1S/C19H20Cl2N2O2/c1-12-10-13(2)19(16(21)11-12)22-18(25)8-9-23(14(3)24)17-7-5-4-6-15(17)20/h4-7,10-11H,8-9H2,1-3H3,(H,22,25). The van der Waals surface area contributed by atoms with Crippen LogP contribution < -0.4 is 10.2 Å². The number of nitrogens with zero attached hydrogens (tertiary/aromatic N) is 1. The van der Waals surface area contributed by atoms with E-state index in [2.05, 4.69) is 5.32 Å². The Bertz CT molecular complexity index is 783. The number of para-hydroxylation sites is 1. The van der Waals surface area contributed by atoms with Gasteiger partial charge in [-0.25, -0.2) is 0 Å². The van der Waals surface area contributed by atoms with Crippen LogP contribution in [0.4, 0.5) is 11.4 Å². The van der Waals surface area contributed by atoms with E-state index in [9.17, 15) is 9.59 Å². The molecule has 2 amide bonds. The number of rotatable bonds is 5. The van der Waals surface area contributed by atoms with Gasteiger partial charge < -0.3 is 10.2 Å². The number of aryl methyl sites for hydroxylation is 2. The highest BCUT2D eigenvalue weighted by Gasteiger charge is 2.17. The fourth-order valence-electron chi connectivity index (χ4n) is 2.61. The Morgan fingerprint density at radius 3 is 2.36 bits per heavy atom. The van der Waals surface area contributed by atoms with Crippen LogP contribution in [0.1, 0.15) is 24.5 Å². The summed E-state index contributed by atoms with van der Waals surface area (Å²) in [4.78, 5) is 25.7. The molecule has 0 heterocycles. The second kappa shape index (κ2) is 8.37. The van der Waals surface area contributed by atoms with Crippen molar-refractivity contribution in [3.8, 4) is 0 Å². The molecule has 0 saturated heterocycles. The molecule has 2 aromatic rings. The number of hydrogen-bond acceptors (Lipinski definition) is 2. The van der Waals surface area contributed by atoms with E-state index < -0.39 is 0 Å². The van der Waals surface area contributed by atoms with Crippen LogP contribution in [0.5, 0.6) is 0 Å². The summed E-state index contributed by atoms with van der Waals surface area (Å²) in [6, 6.07) is 10.8. The fraction of sp³-hybridized carbons (Fsp3) is 0.263. The van der Waals surface area contributed by atoms with E-state index in [1.54, 1.807) is 30.3 Å². The summed E-state index contributed by atoms with van der Waals surface area (Å²) in [5.41, 5.74) is 3.12. The minimum Gasteiger partial charge on any atom is -0.324 e. The average molecular weight is 379 g/mol.